The first-order chi connectivity index (χ1) is 10.8. The van der Waals surface area contributed by atoms with E-state index in [4.69, 9.17) is 5.26 Å². The quantitative estimate of drug-likeness (QED) is 0.892. The van der Waals surface area contributed by atoms with Crippen molar-refractivity contribution in [2.75, 3.05) is 10.6 Å². The van der Waals surface area contributed by atoms with E-state index in [2.05, 4.69) is 20.6 Å². The summed E-state index contributed by atoms with van der Waals surface area (Å²) in [4.78, 5) is 7.49. The molecule has 0 amide bonds. The number of nitrogens with one attached hydrogen (secondary N) is 2. The largest absolute Gasteiger partial charge is 0.433 e. The summed E-state index contributed by atoms with van der Waals surface area (Å²) in [7, 11) is 0. The SMILES string of the molecule is CC(C)Nc1nc(Nc2ccccc2C#N)cc(C(F)(F)F)n1. The molecule has 0 fully saturated rings. The van der Waals surface area contributed by atoms with Crippen molar-refractivity contribution in [2.45, 2.75) is 26.1 Å². The molecule has 1 heterocycles. The molecule has 120 valence electrons. The summed E-state index contributed by atoms with van der Waals surface area (Å²) in [5.41, 5.74) is -0.386. The van der Waals surface area contributed by atoms with Crippen LogP contribution in [0.1, 0.15) is 25.1 Å². The van der Waals surface area contributed by atoms with Crippen molar-refractivity contribution in [3.8, 4) is 6.07 Å². The lowest BCUT2D eigenvalue weighted by Crippen LogP contribution is -2.17. The minimum absolute atomic E-state index is 0.0434. The number of alkyl halides is 3. The molecule has 0 unspecified atom stereocenters. The minimum Gasteiger partial charge on any atom is -0.352 e. The molecule has 1 aromatic carbocycles. The van der Waals surface area contributed by atoms with Gasteiger partial charge in [-0.1, -0.05) is 12.1 Å². The van der Waals surface area contributed by atoms with Gasteiger partial charge in [-0.15, -0.1) is 0 Å². The van der Waals surface area contributed by atoms with Crippen molar-refractivity contribution in [1.29, 1.82) is 5.26 Å². The first-order valence-electron chi connectivity index (χ1n) is 6.78. The Morgan fingerprint density at radius 3 is 2.48 bits per heavy atom. The number of rotatable bonds is 4. The second-order valence-corrected chi connectivity index (χ2v) is 5.04. The van der Waals surface area contributed by atoms with Gasteiger partial charge in [0.1, 0.15) is 11.9 Å². The first-order valence-corrected chi connectivity index (χ1v) is 6.78. The molecule has 0 aliphatic rings. The minimum atomic E-state index is -4.60. The van der Waals surface area contributed by atoms with Crippen LogP contribution in [0.2, 0.25) is 0 Å². The van der Waals surface area contributed by atoms with Gasteiger partial charge in [0.25, 0.3) is 0 Å². The van der Waals surface area contributed by atoms with Crippen LogP contribution < -0.4 is 10.6 Å². The van der Waals surface area contributed by atoms with Gasteiger partial charge in [0.2, 0.25) is 5.95 Å². The van der Waals surface area contributed by atoms with E-state index in [9.17, 15) is 13.2 Å². The lowest BCUT2D eigenvalue weighted by atomic mass is 10.2. The molecule has 0 aliphatic carbocycles. The number of benzene rings is 1. The summed E-state index contributed by atoms with van der Waals surface area (Å²) < 4.78 is 38.9. The molecule has 0 spiro atoms. The van der Waals surface area contributed by atoms with E-state index in [1.54, 1.807) is 38.1 Å². The average Bonchev–Trinajstić information content (AvgIpc) is 2.46. The topological polar surface area (TPSA) is 73.6 Å². The number of hydrogen-bond donors (Lipinski definition) is 2. The Morgan fingerprint density at radius 1 is 1.17 bits per heavy atom. The third kappa shape index (κ3) is 4.32. The van der Waals surface area contributed by atoms with E-state index in [1.165, 1.54) is 0 Å². The van der Waals surface area contributed by atoms with Crippen LogP contribution in [0.25, 0.3) is 0 Å². The maximum atomic E-state index is 13.0. The zero-order chi connectivity index (χ0) is 17.0. The number of hydrogen-bond acceptors (Lipinski definition) is 5. The Balaban J connectivity index is 2.43. The van der Waals surface area contributed by atoms with Crippen LogP contribution in [0.4, 0.5) is 30.6 Å². The molecule has 8 heteroatoms. The van der Waals surface area contributed by atoms with E-state index in [1.807, 2.05) is 6.07 Å². The Labute approximate surface area is 131 Å². The van der Waals surface area contributed by atoms with Crippen molar-refractivity contribution >= 4 is 17.5 Å². The van der Waals surface area contributed by atoms with Crippen LogP contribution in [0.3, 0.4) is 0 Å². The van der Waals surface area contributed by atoms with Gasteiger partial charge in [-0.2, -0.15) is 23.4 Å². The Morgan fingerprint density at radius 2 is 1.87 bits per heavy atom. The maximum Gasteiger partial charge on any atom is 0.433 e. The van der Waals surface area contributed by atoms with Gasteiger partial charge < -0.3 is 10.6 Å². The van der Waals surface area contributed by atoms with Crippen LogP contribution in [-0.2, 0) is 6.18 Å². The molecule has 0 saturated heterocycles. The Kier molecular flexibility index (Phi) is 4.69. The van der Waals surface area contributed by atoms with Gasteiger partial charge in [0.05, 0.1) is 11.3 Å². The van der Waals surface area contributed by atoms with Crippen LogP contribution in [0, 0.1) is 11.3 Å². The van der Waals surface area contributed by atoms with Crippen LogP contribution in [-0.4, -0.2) is 16.0 Å². The predicted molar refractivity (Wildman–Crippen MR) is 80.2 cm³/mol. The highest BCUT2D eigenvalue weighted by molar-refractivity contribution is 5.65. The summed E-state index contributed by atoms with van der Waals surface area (Å²) in [6.45, 7) is 3.53. The van der Waals surface area contributed by atoms with Gasteiger partial charge in [0, 0.05) is 12.1 Å². The highest BCUT2D eigenvalue weighted by atomic mass is 19.4. The van der Waals surface area contributed by atoms with Crippen LogP contribution in [0.15, 0.2) is 30.3 Å². The summed E-state index contributed by atoms with van der Waals surface area (Å²) in [6.07, 6.45) is -4.60. The van der Waals surface area contributed by atoms with E-state index in [0.717, 1.165) is 6.07 Å². The molecule has 2 rings (SSSR count). The molecule has 0 atom stereocenters. The van der Waals surface area contributed by atoms with Crippen molar-refractivity contribution in [3.05, 3.63) is 41.6 Å². The first kappa shape index (κ1) is 16.5. The molecular formula is C15H14F3N5. The van der Waals surface area contributed by atoms with Crippen molar-refractivity contribution in [1.82, 2.24) is 9.97 Å². The average molecular weight is 321 g/mol. The van der Waals surface area contributed by atoms with Crippen LogP contribution in [0.5, 0.6) is 0 Å². The Hall–Kier alpha value is -2.82. The number of halogens is 3. The molecule has 2 aromatic rings. The number of nitriles is 1. The van der Waals surface area contributed by atoms with Crippen molar-refractivity contribution < 1.29 is 13.2 Å². The molecule has 2 N–H and O–H groups in total. The van der Waals surface area contributed by atoms with Gasteiger partial charge >= 0.3 is 6.18 Å². The van der Waals surface area contributed by atoms with Gasteiger partial charge in [-0.3, -0.25) is 0 Å². The van der Waals surface area contributed by atoms with E-state index in [-0.39, 0.29) is 17.8 Å². The highest BCUT2D eigenvalue weighted by Gasteiger charge is 2.33. The standard InChI is InChI=1S/C15H14F3N5/c1-9(2)20-14-22-12(15(16,17)18)7-13(23-14)21-11-6-4-3-5-10(11)8-19/h3-7,9H,1-2H3,(H2,20,21,22,23). The van der Waals surface area contributed by atoms with Gasteiger partial charge in [-0.05, 0) is 26.0 Å². The van der Waals surface area contributed by atoms with E-state index in [0.29, 0.717) is 11.3 Å². The fourth-order valence-electron chi connectivity index (χ4n) is 1.81. The monoisotopic (exact) mass is 321 g/mol. The van der Waals surface area contributed by atoms with E-state index < -0.39 is 11.9 Å². The molecular weight excluding hydrogens is 307 g/mol. The molecule has 0 radical (unpaired) electrons. The number of aromatic nitrogens is 2. The fraction of sp³-hybridized carbons (Fsp3) is 0.267. The van der Waals surface area contributed by atoms with E-state index >= 15 is 0 Å². The second-order valence-electron chi connectivity index (χ2n) is 5.04. The summed E-state index contributed by atoms with van der Waals surface area (Å²) in [6, 6.07) is 9.12. The molecule has 0 bridgehead atoms. The van der Waals surface area contributed by atoms with Crippen molar-refractivity contribution in [3.63, 3.8) is 0 Å². The maximum absolute atomic E-state index is 13.0. The van der Waals surface area contributed by atoms with Gasteiger partial charge in [0.15, 0.2) is 5.69 Å². The normalized spacial score (nSPS) is 11.2. The smallest absolute Gasteiger partial charge is 0.352 e. The molecule has 1 aromatic heterocycles. The molecule has 5 nitrogen and oxygen atoms in total. The third-order valence-electron chi connectivity index (χ3n) is 2.74. The van der Waals surface area contributed by atoms with Gasteiger partial charge in [-0.25, -0.2) is 4.98 Å². The Bertz CT molecular complexity index is 735. The van der Waals surface area contributed by atoms with Crippen LogP contribution >= 0.6 is 0 Å². The number of anilines is 3. The summed E-state index contributed by atoms with van der Waals surface area (Å²) >= 11 is 0. The molecule has 0 saturated carbocycles. The lowest BCUT2D eigenvalue weighted by molar-refractivity contribution is -0.141. The summed E-state index contributed by atoms with van der Waals surface area (Å²) in [5.74, 6) is -0.176. The van der Waals surface area contributed by atoms with Crippen molar-refractivity contribution in [2.24, 2.45) is 0 Å². The predicted octanol–water partition coefficient (Wildman–Crippen LogP) is 3.93. The molecule has 23 heavy (non-hydrogen) atoms. The zero-order valence-corrected chi connectivity index (χ0v) is 12.4. The number of nitrogens with zero attached hydrogens (tertiary/aromatic N) is 3. The highest BCUT2D eigenvalue weighted by Crippen LogP contribution is 2.30. The second kappa shape index (κ2) is 6.52. The zero-order valence-electron chi connectivity index (χ0n) is 12.4. The fourth-order valence-corrected chi connectivity index (χ4v) is 1.81. The number of para-hydroxylation sites is 1. The lowest BCUT2D eigenvalue weighted by Gasteiger charge is -2.14. The summed E-state index contributed by atoms with van der Waals surface area (Å²) in [5, 5.41) is 14.5. The molecule has 0 aliphatic heterocycles. The third-order valence-corrected chi connectivity index (χ3v) is 2.74.